The van der Waals surface area contributed by atoms with E-state index in [9.17, 15) is 18.3 Å². The second-order valence-corrected chi connectivity index (χ2v) is 6.01. The molecule has 21 heavy (non-hydrogen) atoms. The largest absolute Gasteiger partial charge is 0.491 e. The Labute approximate surface area is 122 Å². The van der Waals surface area contributed by atoms with Crippen LogP contribution in [0.2, 0.25) is 0 Å². The highest BCUT2D eigenvalue weighted by Gasteiger charge is 2.46. The summed E-state index contributed by atoms with van der Waals surface area (Å²) in [6, 6.07) is 7.07. The lowest BCUT2D eigenvalue weighted by molar-refractivity contribution is -0.193. The summed E-state index contributed by atoms with van der Waals surface area (Å²) >= 11 is 0. The molecule has 0 saturated heterocycles. The van der Waals surface area contributed by atoms with Gasteiger partial charge < -0.3 is 9.84 Å². The Morgan fingerprint density at radius 1 is 1.19 bits per heavy atom. The van der Waals surface area contributed by atoms with Crippen molar-refractivity contribution in [1.82, 2.24) is 0 Å². The molecule has 0 aliphatic heterocycles. The highest BCUT2D eigenvalue weighted by atomic mass is 19.4. The van der Waals surface area contributed by atoms with Crippen LogP contribution in [0.25, 0.3) is 0 Å². The maximum absolute atomic E-state index is 12.7. The van der Waals surface area contributed by atoms with Crippen molar-refractivity contribution >= 4 is 0 Å². The molecule has 1 aromatic rings. The molecular weight excluding hydrogens is 281 g/mol. The number of halogens is 3. The quantitative estimate of drug-likeness (QED) is 0.896. The number of para-hydroxylation sites is 1. The molecule has 0 atom stereocenters. The number of rotatable bonds is 3. The van der Waals surface area contributed by atoms with Crippen molar-refractivity contribution in [2.24, 2.45) is 5.92 Å². The summed E-state index contributed by atoms with van der Waals surface area (Å²) in [5, 5.41) is 10.8. The van der Waals surface area contributed by atoms with Crippen molar-refractivity contribution in [2.45, 2.75) is 57.4 Å². The second-order valence-electron chi connectivity index (χ2n) is 6.01. The van der Waals surface area contributed by atoms with E-state index < -0.39 is 17.7 Å². The molecule has 1 saturated carbocycles. The maximum Gasteiger partial charge on any atom is 0.391 e. The van der Waals surface area contributed by atoms with Crippen LogP contribution in [0.4, 0.5) is 13.2 Å². The average Bonchev–Trinajstić information content (AvgIpc) is 2.38. The summed E-state index contributed by atoms with van der Waals surface area (Å²) in [6.07, 6.45) is -4.10. The van der Waals surface area contributed by atoms with E-state index in [2.05, 4.69) is 0 Å². The van der Waals surface area contributed by atoms with Crippen LogP contribution in [0.15, 0.2) is 24.3 Å². The zero-order valence-electron chi connectivity index (χ0n) is 12.3. The van der Waals surface area contributed by atoms with Gasteiger partial charge in [0.15, 0.2) is 0 Å². The van der Waals surface area contributed by atoms with Gasteiger partial charge in [-0.25, -0.2) is 0 Å². The Morgan fingerprint density at radius 2 is 1.76 bits per heavy atom. The second kappa shape index (κ2) is 5.87. The predicted molar refractivity (Wildman–Crippen MR) is 74.1 cm³/mol. The molecule has 1 N–H and O–H groups in total. The van der Waals surface area contributed by atoms with Gasteiger partial charge in [0, 0.05) is 5.56 Å². The fraction of sp³-hybridized carbons (Fsp3) is 0.625. The average molecular weight is 302 g/mol. The Hall–Kier alpha value is -1.23. The number of hydrogen-bond acceptors (Lipinski definition) is 2. The number of benzene rings is 1. The number of ether oxygens (including phenoxy) is 1. The first-order valence-corrected chi connectivity index (χ1v) is 7.27. The maximum atomic E-state index is 12.7. The fourth-order valence-corrected chi connectivity index (χ4v) is 2.90. The molecule has 0 unspecified atom stereocenters. The molecule has 1 fully saturated rings. The SMILES string of the molecule is CC(C)Oc1ccccc1C1(O)CCC(C(F)(F)F)CC1. The molecule has 5 heteroatoms. The Bertz CT molecular complexity index is 475. The molecule has 2 nitrogen and oxygen atoms in total. The smallest absolute Gasteiger partial charge is 0.391 e. The van der Waals surface area contributed by atoms with Gasteiger partial charge in [-0.3, -0.25) is 0 Å². The molecule has 0 aromatic heterocycles. The highest BCUT2D eigenvalue weighted by Crippen LogP contribution is 2.47. The number of aliphatic hydroxyl groups is 1. The number of alkyl halides is 3. The zero-order valence-corrected chi connectivity index (χ0v) is 12.3. The lowest BCUT2D eigenvalue weighted by Crippen LogP contribution is -2.36. The molecule has 0 amide bonds. The van der Waals surface area contributed by atoms with E-state index in [0.717, 1.165) is 0 Å². The summed E-state index contributed by atoms with van der Waals surface area (Å²) in [5.41, 5.74) is -0.632. The summed E-state index contributed by atoms with van der Waals surface area (Å²) < 4.78 is 43.9. The third-order valence-electron chi connectivity index (χ3n) is 4.03. The molecule has 1 aliphatic rings. The van der Waals surface area contributed by atoms with Gasteiger partial charge in [0.25, 0.3) is 0 Å². The molecule has 2 rings (SSSR count). The number of hydrogen-bond donors (Lipinski definition) is 1. The van der Waals surface area contributed by atoms with E-state index in [0.29, 0.717) is 11.3 Å². The van der Waals surface area contributed by atoms with Gasteiger partial charge in [-0.15, -0.1) is 0 Å². The third kappa shape index (κ3) is 3.70. The minimum Gasteiger partial charge on any atom is -0.491 e. The minimum absolute atomic E-state index is 0.0456. The molecule has 0 bridgehead atoms. The van der Waals surface area contributed by atoms with Crippen molar-refractivity contribution in [3.8, 4) is 5.75 Å². The third-order valence-corrected chi connectivity index (χ3v) is 4.03. The normalized spacial score (nSPS) is 26.9. The molecule has 1 aliphatic carbocycles. The molecule has 118 valence electrons. The molecule has 0 spiro atoms. The summed E-state index contributed by atoms with van der Waals surface area (Å²) in [7, 11) is 0. The fourth-order valence-electron chi connectivity index (χ4n) is 2.90. The van der Waals surface area contributed by atoms with Crippen LogP contribution in [-0.4, -0.2) is 17.4 Å². The van der Waals surface area contributed by atoms with Gasteiger partial charge in [-0.1, -0.05) is 18.2 Å². The van der Waals surface area contributed by atoms with E-state index in [4.69, 9.17) is 4.74 Å². The Kier molecular flexibility index (Phi) is 4.51. The highest BCUT2D eigenvalue weighted by molar-refractivity contribution is 5.38. The van der Waals surface area contributed by atoms with E-state index >= 15 is 0 Å². The van der Waals surface area contributed by atoms with Gasteiger partial charge in [-0.2, -0.15) is 13.2 Å². The van der Waals surface area contributed by atoms with Crippen LogP contribution < -0.4 is 4.74 Å². The lowest BCUT2D eigenvalue weighted by atomic mass is 9.74. The van der Waals surface area contributed by atoms with Gasteiger partial charge in [0.1, 0.15) is 5.75 Å². The molecular formula is C16H21F3O2. The summed E-state index contributed by atoms with van der Waals surface area (Å²) in [4.78, 5) is 0. The van der Waals surface area contributed by atoms with Crippen molar-refractivity contribution in [3.63, 3.8) is 0 Å². The van der Waals surface area contributed by atoms with Crippen molar-refractivity contribution < 1.29 is 23.0 Å². The van der Waals surface area contributed by atoms with Crippen LogP contribution in [0.5, 0.6) is 5.75 Å². The van der Waals surface area contributed by atoms with Crippen molar-refractivity contribution in [3.05, 3.63) is 29.8 Å². The molecule has 0 radical (unpaired) electrons. The van der Waals surface area contributed by atoms with E-state index in [1.807, 2.05) is 13.8 Å². The first-order valence-electron chi connectivity index (χ1n) is 7.27. The Morgan fingerprint density at radius 3 is 2.29 bits per heavy atom. The summed E-state index contributed by atoms with van der Waals surface area (Å²) in [6.45, 7) is 3.75. The van der Waals surface area contributed by atoms with E-state index in [-0.39, 0.29) is 31.8 Å². The van der Waals surface area contributed by atoms with Crippen LogP contribution in [0.1, 0.15) is 45.1 Å². The van der Waals surface area contributed by atoms with Crippen molar-refractivity contribution in [2.75, 3.05) is 0 Å². The zero-order chi connectivity index (χ0) is 15.7. The van der Waals surface area contributed by atoms with Crippen LogP contribution in [-0.2, 0) is 5.60 Å². The van der Waals surface area contributed by atoms with Gasteiger partial charge in [0.2, 0.25) is 0 Å². The molecule has 0 heterocycles. The van der Waals surface area contributed by atoms with Crippen LogP contribution in [0.3, 0.4) is 0 Å². The predicted octanol–water partition coefficient (Wildman–Crippen LogP) is 4.41. The topological polar surface area (TPSA) is 29.5 Å². The van der Waals surface area contributed by atoms with E-state index in [1.54, 1.807) is 24.3 Å². The van der Waals surface area contributed by atoms with Gasteiger partial charge in [-0.05, 0) is 45.6 Å². The monoisotopic (exact) mass is 302 g/mol. The van der Waals surface area contributed by atoms with Crippen LogP contribution in [0, 0.1) is 5.92 Å². The van der Waals surface area contributed by atoms with Crippen LogP contribution >= 0.6 is 0 Å². The van der Waals surface area contributed by atoms with E-state index in [1.165, 1.54) is 0 Å². The first kappa shape index (κ1) is 16.1. The summed E-state index contributed by atoms with van der Waals surface area (Å²) in [5.74, 6) is -0.753. The molecule has 1 aromatic carbocycles. The minimum atomic E-state index is -4.17. The standard InChI is InChI=1S/C16H21F3O2/c1-11(2)21-14-6-4-3-5-13(14)15(20)9-7-12(8-10-15)16(17,18)19/h3-6,11-12,20H,7-10H2,1-2H3. The lowest BCUT2D eigenvalue weighted by Gasteiger charge is -2.37. The Balaban J connectivity index is 2.19. The van der Waals surface area contributed by atoms with Gasteiger partial charge in [0.05, 0.1) is 17.6 Å². The van der Waals surface area contributed by atoms with Crippen molar-refractivity contribution in [1.29, 1.82) is 0 Å². The van der Waals surface area contributed by atoms with Gasteiger partial charge >= 0.3 is 6.18 Å². The first-order chi connectivity index (χ1) is 9.72.